The average Bonchev–Trinajstić information content (AvgIpc) is 2.97. The van der Waals surface area contributed by atoms with E-state index in [2.05, 4.69) is 25.8 Å². The molecule has 1 aromatic heterocycles. The summed E-state index contributed by atoms with van der Waals surface area (Å²) in [5.74, 6) is -0.300. The Hall–Kier alpha value is -1.37. The first kappa shape index (κ1) is 16.5. The van der Waals surface area contributed by atoms with Gasteiger partial charge in [-0.25, -0.2) is 4.39 Å². The number of hydrogen-bond acceptors (Lipinski definition) is 2. The van der Waals surface area contributed by atoms with E-state index in [4.69, 9.17) is 11.6 Å². The summed E-state index contributed by atoms with van der Waals surface area (Å²) in [6.07, 6.45) is 1.74. The summed E-state index contributed by atoms with van der Waals surface area (Å²) in [4.78, 5) is 19.2. The van der Waals surface area contributed by atoms with Crippen LogP contribution in [0.15, 0.2) is 34.9 Å². The number of nitrogens with zero attached hydrogens (tertiary/aromatic N) is 2. The molecule has 1 fully saturated rings. The average molecular weight is 401 g/mol. The maximum Gasteiger partial charge on any atom is 0.270 e. The molecule has 7 heteroatoms. The molecule has 1 N–H and O–H groups in total. The van der Waals surface area contributed by atoms with Crippen LogP contribution in [0.25, 0.3) is 0 Å². The molecule has 0 spiro atoms. The van der Waals surface area contributed by atoms with Crippen LogP contribution in [-0.4, -0.2) is 46.9 Å². The van der Waals surface area contributed by atoms with Gasteiger partial charge in [0.25, 0.3) is 5.91 Å². The standard InChI is InChI=1S/C16H16BrClFN3O/c17-11-8-15(20-9-11)16(23)22-6-4-21(5-7-22)10-12-13(18)2-1-3-14(12)19/h1-3,8-9,20H,4-7,10H2. The third-order valence-corrected chi connectivity index (χ3v) is 4.79. The largest absolute Gasteiger partial charge is 0.356 e. The molecule has 4 nitrogen and oxygen atoms in total. The fraction of sp³-hybridized carbons (Fsp3) is 0.312. The maximum atomic E-state index is 13.8. The zero-order valence-electron chi connectivity index (χ0n) is 12.4. The van der Waals surface area contributed by atoms with E-state index in [1.165, 1.54) is 6.07 Å². The van der Waals surface area contributed by atoms with Crippen molar-refractivity contribution in [3.63, 3.8) is 0 Å². The number of carbonyl (C=O) groups excluding carboxylic acids is 1. The van der Waals surface area contributed by atoms with Crippen molar-refractivity contribution in [3.05, 3.63) is 57.0 Å². The Morgan fingerprint density at radius 3 is 2.65 bits per heavy atom. The fourth-order valence-electron chi connectivity index (χ4n) is 2.68. The highest BCUT2D eigenvalue weighted by atomic mass is 79.9. The van der Waals surface area contributed by atoms with Gasteiger partial charge < -0.3 is 9.88 Å². The van der Waals surface area contributed by atoms with Gasteiger partial charge in [0.1, 0.15) is 11.5 Å². The van der Waals surface area contributed by atoms with Gasteiger partial charge in [0.2, 0.25) is 0 Å². The van der Waals surface area contributed by atoms with Gasteiger partial charge in [0.05, 0.1) is 0 Å². The number of piperazine rings is 1. The lowest BCUT2D eigenvalue weighted by molar-refractivity contribution is 0.0622. The lowest BCUT2D eigenvalue weighted by atomic mass is 10.1. The van der Waals surface area contributed by atoms with E-state index >= 15 is 0 Å². The van der Waals surface area contributed by atoms with Crippen molar-refractivity contribution in [3.8, 4) is 0 Å². The Balaban J connectivity index is 1.59. The molecule has 0 atom stereocenters. The number of halogens is 3. The molecule has 3 rings (SSSR count). The molecule has 2 heterocycles. The van der Waals surface area contributed by atoms with E-state index in [0.717, 1.165) is 4.47 Å². The second-order valence-electron chi connectivity index (χ2n) is 5.50. The van der Waals surface area contributed by atoms with Crippen molar-refractivity contribution in [2.24, 2.45) is 0 Å². The molecule has 0 saturated carbocycles. The highest BCUT2D eigenvalue weighted by Crippen LogP contribution is 2.21. The lowest BCUT2D eigenvalue weighted by Crippen LogP contribution is -2.48. The van der Waals surface area contributed by atoms with Gasteiger partial charge in [0.15, 0.2) is 0 Å². The molecule has 1 aromatic carbocycles. The minimum Gasteiger partial charge on any atom is -0.356 e. The molecule has 1 aliphatic rings. The zero-order valence-corrected chi connectivity index (χ0v) is 14.7. The van der Waals surface area contributed by atoms with Gasteiger partial charge in [-0.15, -0.1) is 0 Å². The topological polar surface area (TPSA) is 39.3 Å². The Labute approximate surface area is 147 Å². The summed E-state index contributed by atoms with van der Waals surface area (Å²) in [6.45, 7) is 3.07. The molecule has 0 aliphatic carbocycles. The summed E-state index contributed by atoms with van der Waals surface area (Å²) in [6, 6.07) is 6.49. The van der Waals surface area contributed by atoms with Crippen LogP contribution in [0.1, 0.15) is 16.1 Å². The first-order chi connectivity index (χ1) is 11.0. The molecule has 0 unspecified atom stereocenters. The molecule has 23 heavy (non-hydrogen) atoms. The van der Waals surface area contributed by atoms with Crippen molar-refractivity contribution >= 4 is 33.4 Å². The number of carbonyl (C=O) groups is 1. The smallest absolute Gasteiger partial charge is 0.270 e. The van der Waals surface area contributed by atoms with Gasteiger partial charge in [-0.2, -0.15) is 0 Å². The number of rotatable bonds is 3. The summed E-state index contributed by atoms with van der Waals surface area (Å²) < 4.78 is 14.7. The molecule has 1 amide bonds. The number of aromatic amines is 1. The van der Waals surface area contributed by atoms with Crippen LogP contribution < -0.4 is 0 Å². The van der Waals surface area contributed by atoms with Gasteiger partial charge in [-0.05, 0) is 34.1 Å². The minimum atomic E-state index is -0.285. The van der Waals surface area contributed by atoms with Crippen molar-refractivity contribution in [1.82, 2.24) is 14.8 Å². The monoisotopic (exact) mass is 399 g/mol. The Bertz CT molecular complexity index is 693. The predicted octanol–water partition coefficient (Wildman–Crippen LogP) is 3.53. The van der Waals surface area contributed by atoms with E-state index in [-0.39, 0.29) is 11.7 Å². The van der Waals surface area contributed by atoms with E-state index < -0.39 is 0 Å². The first-order valence-corrected chi connectivity index (χ1v) is 8.50. The van der Waals surface area contributed by atoms with E-state index in [1.54, 1.807) is 29.3 Å². The molecule has 0 bridgehead atoms. The highest BCUT2D eigenvalue weighted by molar-refractivity contribution is 9.10. The van der Waals surface area contributed by atoms with Gasteiger partial charge in [-0.3, -0.25) is 9.69 Å². The second-order valence-corrected chi connectivity index (χ2v) is 6.82. The fourth-order valence-corrected chi connectivity index (χ4v) is 3.24. The van der Waals surface area contributed by atoms with Crippen LogP contribution >= 0.6 is 27.5 Å². The van der Waals surface area contributed by atoms with Crippen LogP contribution in [-0.2, 0) is 6.54 Å². The van der Waals surface area contributed by atoms with Gasteiger partial charge in [-0.1, -0.05) is 17.7 Å². The Morgan fingerprint density at radius 2 is 2.04 bits per heavy atom. The molecule has 122 valence electrons. The predicted molar refractivity (Wildman–Crippen MR) is 91.1 cm³/mol. The van der Waals surface area contributed by atoms with E-state index in [1.807, 2.05) is 0 Å². The van der Waals surface area contributed by atoms with Crippen molar-refractivity contribution in [2.45, 2.75) is 6.54 Å². The second kappa shape index (κ2) is 7.03. The molecule has 1 aliphatic heterocycles. The van der Waals surface area contributed by atoms with Crippen molar-refractivity contribution in [1.29, 1.82) is 0 Å². The maximum absolute atomic E-state index is 13.8. The third-order valence-electron chi connectivity index (χ3n) is 3.98. The first-order valence-electron chi connectivity index (χ1n) is 7.33. The molecular weight excluding hydrogens is 385 g/mol. The minimum absolute atomic E-state index is 0.0146. The van der Waals surface area contributed by atoms with E-state index in [0.29, 0.717) is 49.0 Å². The van der Waals surface area contributed by atoms with Crippen molar-refractivity contribution in [2.75, 3.05) is 26.2 Å². The van der Waals surface area contributed by atoms with Crippen LogP contribution in [0.4, 0.5) is 4.39 Å². The van der Waals surface area contributed by atoms with E-state index in [9.17, 15) is 9.18 Å². The lowest BCUT2D eigenvalue weighted by Gasteiger charge is -2.34. The summed E-state index contributed by atoms with van der Waals surface area (Å²) >= 11 is 9.40. The summed E-state index contributed by atoms with van der Waals surface area (Å²) in [5.41, 5.74) is 1.09. The van der Waals surface area contributed by atoms with Gasteiger partial charge >= 0.3 is 0 Å². The molecule has 2 aromatic rings. The number of amides is 1. The third kappa shape index (κ3) is 3.76. The zero-order chi connectivity index (χ0) is 16.4. The quantitative estimate of drug-likeness (QED) is 0.856. The number of aromatic nitrogens is 1. The molecular formula is C16H16BrClFN3O. The number of hydrogen-bond donors (Lipinski definition) is 1. The summed E-state index contributed by atoms with van der Waals surface area (Å²) in [5, 5.41) is 0.444. The van der Waals surface area contributed by atoms with Crippen LogP contribution in [0.2, 0.25) is 5.02 Å². The van der Waals surface area contributed by atoms with Crippen LogP contribution in [0, 0.1) is 5.82 Å². The van der Waals surface area contributed by atoms with Gasteiger partial charge in [0, 0.05) is 54.0 Å². The Kier molecular flexibility index (Phi) is 5.04. The number of H-pyrrole nitrogens is 1. The highest BCUT2D eigenvalue weighted by Gasteiger charge is 2.24. The van der Waals surface area contributed by atoms with Crippen LogP contribution in [0.5, 0.6) is 0 Å². The SMILES string of the molecule is O=C(c1cc(Br)c[nH]1)N1CCN(Cc2c(F)cccc2Cl)CC1. The summed E-state index contributed by atoms with van der Waals surface area (Å²) in [7, 11) is 0. The van der Waals surface area contributed by atoms with Crippen molar-refractivity contribution < 1.29 is 9.18 Å². The number of nitrogens with one attached hydrogen (secondary N) is 1. The van der Waals surface area contributed by atoms with Crippen LogP contribution in [0.3, 0.4) is 0 Å². The number of benzene rings is 1. The molecule has 1 saturated heterocycles. The molecule has 0 radical (unpaired) electrons. The normalized spacial score (nSPS) is 15.9. The Morgan fingerprint density at radius 1 is 1.30 bits per heavy atom.